The minimum absolute atomic E-state index is 0.238. The largest absolute Gasteiger partial charge is 0.497 e. The number of benzene rings is 2. The Morgan fingerprint density at radius 1 is 1.00 bits per heavy atom. The van der Waals surface area contributed by atoms with Crippen molar-refractivity contribution in [3.63, 3.8) is 0 Å². The van der Waals surface area contributed by atoms with Gasteiger partial charge in [-0.15, -0.1) is 0 Å². The van der Waals surface area contributed by atoms with E-state index >= 15 is 0 Å². The molecule has 0 saturated heterocycles. The van der Waals surface area contributed by atoms with Crippen molar-refractivity contribution in [3.8, 4) is 11.5 Å². The molecular weight excluding hydrogens is 322 g/mol. The highest BCUT2D eigenvalue weighted by Gasteiger charge is 2.14. The Morgan fingerprint density at radius 3 is 2.32 bits per heavy atom. The zero-order valence-electron chi connectivity index (χ0n) is 14.4. The Kier molecular flexibility index (Phi) is 6.39. The van der Waals surface area contributed by atoms with E-state index < -0.39 is 5.97 Å². The third-order valence-electron chi connectivity index (χ3n) is 3.61. The second-order valence-corrected chi connectivity index (χ2v) is 5.37. The van der Waals surface area contributed by atoms with Gasteiger partial charge in [-0.05, 0) is 42.8 Å². The van der Waals surface area contributed by atoms with E-state index in [1.165, 1.54) is 7.11 Å². The van der Waals surface area contributed by atoms with Gasteiger partial charge in [0.15, 0.2) is 6.61 Å². The molecule has 25 heavy (non-hydrogen) atoms. The van der Waals surface area contributed by atoms with Crippen molar-refractivity contribution in [1.82, 2.24) is 5.32 Å². The number of esters is 1. The Hall–Kier alpha value is -3.02. The molecule has 1 amide bonds. The quantitative estimate of drug-likeness (QED) is 0.783. The molecule has 0 aliphatic heterocycles. The number of carbonyl (C=O) groups excluding carboxylic acids is 2. The van der Waals surface area contributed by atoms with Crippen molar-refractivity contribution < 1.29 is 23.8 Å². The fourth-order valence-electron chi connectivity index (χ4n) is 2.24. The van der Waals surface area contributed by atoms with Crippen LogP contribution in [0.5, 0.6) is 11.5 Å². The summed E-state index contributed by atoms with van der Waals surface area (Å²) in [6.07, 6.45) is 0. The molecule has 0 fully saturated rings. The van der Waals surface area contributed by atoms with E-state index in [2.05, 4.69) is 5.32 Å². The predicted molar refractivity (Wildman–Crippen MR) is 92.8 cm³/mol. The highest BCUT2D eigenvalue weighted by atomic mass is 16.5. The molecule has 0 bridgehead atoms. The maximum absolute atomic E-state index is 12.0. The summed E-state index contributed by atoms with van der Waals surface area (Å²) in [5.74, 6) is 0.295. The van der Waals surface area contributed by atoms with Gasteiger partial charge in [0.1, 0.15) is 11.5 Å². The number of methoxy groups -OCH3 is 2. The number of carbonyl (C=O) groups is 2. The lowest BCUT2D eigenvalue weighted by molar-refractivity contribution is -0.124. The van der Waals surface area contributed by atoms with Gasteiger partial charge in [0.05, 0.1) is 25.8 Å². The fourth-order valence-corrected chi connectivity index (χ4v) is 2.24. The van der Waals surface area contributed by atoms with E-state index in [4.69, 9.17) is 14.2 Å². The minimum Gasteiger partial charge on any atom is -0.497 e. The third-order valence-corrected chi connectivity index (χ3v) is 3.61. The summed E-state index contributed by atoms with van der Waals surface area (Å²) < 4.78 is 15.3. The van der Waals surface area contributed by atoms with Crippen molar-refractivity contribution in [1.29, 1.82) is 0 Å². The molecule has 2 aromatic carbocycles. The van der Waals surface area contributed by atoms with Crippen molar-refractivity contribution in [2.45, 2.75) is 13.0 Å². The first-order chi connectivity index (χ1) is 12.0. The standard InChI is InChI=1S/C19H21NO5/c1-13(14-6-4-8-16(10-14)23-2)20-18(21)12-25-19(22)15-7-5-9-17(11-15)24-3/h4-11,13H,12H2,1-3H3,(H,20,21)/t13-/m0/s1. The molecule has 2 rings (SSSR count). The maximum atomic E-state index is 12.0. The Bertz CT molecular complexity index is 744. The zero-order valence-corrected chi connectivity index (χ0v) is 14.4. The molecule has 1 N–H and O–H groups in total. The second-order valence-electron chi connectivity index (χ2n) is 5.37. The molecule has 0 saturated carbocycles. The van der Waals surface area contributed by atoms with Gasteiger partial charge in [0, 0.05) is 0 Å². The Labute approximate surface area is 146 Å². The number of ether oxygens (including phenoxy) is 3. The zero-order chi connectivity index (χ0) is 18.2. The van der Waals surface area contributed by atoms with Gasteiger partial charge in [-0.3, -0.25) is 4.79 Å². The molecular formula is C19H21NO5. The molecule has 0 aliphatic rings. The van der Waals surface area contributed by atoms with E-state index in [0.717, 1.165) is 5.56 Å². The fraction of sp³-hybridized carbons (Fsp3) is 0.263. The topological polar surface area (TPSA) is 73.9 Å². The van der Waals surface area contributed by atoms with Crippen molar-refractivity contribution in [2.24, 2.45) is 0 Å². The first-order valence-corrected chi connectivity index (χ1v) is 7.78. The molecule has 0 radical (unpaired) electrons. The van der Waals surface area contributed by atoms with Crippen LogP contribution in [0.3, 0.4) is 0 Å². The van der Waals surface area contributed by atoms with Crippen LogP contribution in [0.15, 0.2) is 48.5 Å². The normalized spacial score (nSPS) is 11.3. The van der Waals surface area contributed by atoms with Crippen LogP contribution in [-0.2, 0) is 9.53 Å². The van der Waals surface area contributed by atoms with E-state index in [9.17, 15) is 9.59 Å². The monoisotopic (exact) mass is 343 g/mol. The van der Waals surface area contributed by atoms with Gasteiger partial charge in [-0.1, -0.05) is 18.2 Å². The third kappa shape index (κ3) is 5.24. The number of hydrogen-bond acceptors (Lipinski definition) is 5. The Balaban J connectivity index is 1.88. The molecule has 2 aromatic rings. The average Bonchev–Trinajstić information content (AvgIpc) is 2.66. The molecule has 0 heterocycles. The average molecular weight is 343 g/mol. The van der Waals surface area contributed by atoms with Crippen LogP contribution in [0.1, 0.15) is 28.9 Å². The summed E-state index contributed by atoms with van der Waals surface area (Å²) in [5, 5.41) is 2.78. The molecule has 1 atom stereocenters. The maximum Gasteiger partial charge on any atom is 0.338 e. The van der Waals surface area contributed by atoms with Crippen molar-refractivity contribution in [2.75, 3.05) is 20.8 Å². The van der Waals surface area contributed by atoms with Gasteiger partial charge in [0.25, 0.3) is 5.91 Å². The molecule has 0 aliphatic carbocycles. The summed E-state index contributed by atoms with van der Waals surface area (Å²) in [5.41, 5.74) is 1.22. The van der Waals surface area contributed by atoms with Crippen molar-refractivity contribution >= 4 is 11.9 Å². The molecule has 0 unspecified atom stereocenters. The predicted octanol–water partition coefficient (Wildman–Crippen LogP) is 2.74. The smallest absolute Gasteiger partial charge is 0.338 e. The van der Waals surface area contributed by atoms with Crippen LogP contribution < -0.4 is 14.8 Å². The first-order valence-electron chi connectivity index (χ1n) is 7.78. The van der Waals surface area contributed by atoms with Crippen LogP contribution in [0.4, 0.5) is 0 Å². The molecule has 132 valence electrons. The summed E-state index contributed by atoms with van der Waals surface area (Å²) >= 11 is 0. The molecule has 0 aromatic heterocycles. The lowest BCUT2D eigenvalue weighted by Gasteiger charge is -2.15. The number of nitrogens with one attached hydrogen (secondary N) is 1. The van der Waals surface area contributed by atoms with E-state index in [1.807, 2.05) is 31.2 Å². The lowest BCUT2D eigenvalue weighted by Crippen LogP contribution is -2.31. The van der Waals surface area contributed by atoms with E-state index in [0.29, 0.717) is 17.1 Å². The molecule has 6 heteroatoms. The van der Waals surface area contributed by atoms with Crippen LogP contribution in [0.25, 0.3) is 0 Å². The van der Waals surface area contributed by atoms with Crippen LogP contribution >= 0.6 is 0 Å². The van der Waals surface area contributed by atoms with Gasteiger partial charge in [-0.25, -0.2) is 4.79 Å². The minimum atomic E-state index is -0.580. The molecule has 6 nitrogen and oxygen atoms in total. The molecule has 0 spiro atoms. The summed E-state index contributed by atoms with van der Waals surface area (Å²) in [6.45, 7) is 1.49. The van der Waals surface area contributed by atoms with Gasteiger partial charge >= 0.3 is 5.97 Å². The van der Waals surface area contributed by atoms with E-state index in [1.54, 1.807) is 31.4 Å². The summed E-state index contributed by atoms with van der Waals surface area (Å²) in [6, 6.07) is 13.7. The summed E-state index contributed by atoms with van der Waals surface area (Å²) in [7, 11) is 3.10. The van der Waals surface area contributed by atoms with Gasteiger partial charge < -0.3 is 19.5 Å². The number of rotatable bonds is 7. The van der Waals surface area contributed by atoms with Crippen LogP contribution in [0, 0.1) is 0 Å². The van der Waals surface area contributed by atoms with Crippen LogP contribution in [0.2, 0.25) is 0 Å². The highest BCUT2D eigenvalue weighted by molar-refractivity contribution is 5.91. The van der Waals surface area contributed by atoms with Gasteiger partial charge in [0.2, 0.25) is 0 Å². The number of hydrogen-bond donors (Lipinski definition) is 1. The SMILES string of the molecule is COc1cccc(C(=O)OCC(=O)N[C@@H](C)c2cccc(OC)c2)c1. The summed E-state index contributed by atoms with van der Waals surface area (Å²) in [4.78, 5) is 24.0. The second kappa shape index (κ2) is 8.73. The van der Waals surface area contributed by atoms with Gasteiger partial charge in [-0.2, -0.15) is 0 Å². The number of amides is 1. The lowest BCUT2D eigenvalue weighted by atomic mass is 10.1. The highest BCUT2D eigenvalue weighted by Crippen LogP contribution is 2.18. The first kappa shape index (κ1) is 18.3. The van der Waals surface area contributed by atoms with E-state index in [-0.39, 0.29) is 18.6 Å². The Morgan fingerprint density at radius 2 is 1.64 bits per heavy atom. The van der Waals surface area contributed by atoms with Crippen molar-refractivity contribution in [3.05, 3.63) is 59.7 Å². The van der Waals surface area contributed by atoms with Crippen LogP contribution in [-0.4, -0.2) is 32.7 Å².